The third kappa shape index (κ3) is 2.80. The van der Waals surface area contributed by atoms with E-state index in [9.17, 15) is 0 Å². The summed E-state index contributed by atoms with van der Waals surface area (Å²) in [5.41, 5.74) is 5.51. The molecular weight excluding hydrogens is 310 g/mol. The van der Waals surface area contributed by atoms with Crippen LogP contribution in [0.1, 0.15) is 18.3 Å². The molecule has 25 heavy (non-hydrogen) atoms. The van der Waals surface area contributed by atoms with Gasteiger partial charge in [-0.15, -0.1) is 0 Å². The highest BCUT2D eigenvalue weighted by Crippen LogP contribution is 2.26. The van der Waals surface area contributed by atoms with Gasteiger partial charge in [0.25, 0.3) is 0 Å². The minimum absolute atomic E-state index is 0.793. The molecule has 3 heterocycles. The van der Waals surface area contributed by atoms with Gasteiger partial charge < -0.3 is 0 Å². The maximum atomic E-state index is 4.70. The van der Waals surface area contributed by atoms with Crippen molar-refractivity contribution in [2.24, 2.45) is 0 Å². The number of fused-ring (bicyclic) bond motifs is 1. The first kappa shape index (κ1) is 15.2. The van der Waals surface area contributed by atoms with Crippen molar-refractivity contribution in [2.75, 3.05) is 0 Å². The van der Waals surface area contributed by atoms with E-state index in [1.54, 1.807) is 18.5 Å². The van der Waals surface area contributed by atoms with Crippen LogP contribution < -0.4 is 0 Å². The second kappa shape index (κ2) is 6.28. The van der Waals surface area contributed by atoms with Gasteiger partial charge in [0.05, 0.1) is 22.4 Å². The molecule has 0 spiro atoms. The van der Waals surface area contributed by atoms with E-state index in [0.717, 1.165) is 45.9 Å². The summed E-state index contributed by atoms with van der Waals surface area (Å²) in [6.45, 7) is 5.93. The molecule has 122 valence electrons. The van der Waals surface area contributed by atoms with Crippen LogP contribution in [0.25, 0.3) is 34.2 Å². The van der Waals surface area contributed by atoms with Crippen LogP contribution in [0.4, 0.5) is 0 Å². The Balaban J connectivity index is 1.91. The molecule has 0 aliphatic carbocycles. The quantitative estimate of drug-likeness (QED) is 0.566. The topological polar surface area (TPSA) is 56.5 Å². The molecule has 5 heteroatoms. The fraction of sp³-hybridized carbons (Fsp3) is 0.100. The number of rotatable bonds is 4. The number of hydrogen-bond donors (Lipinski definition) is 0. The minimum Gasteiger partial charge on any atom is -0.253 e. The lowest BCUT2D eigenvalue weighted by molar-refractivity contribution is 0.836. The molecule has 0 aliphatic rings. The Bertz CT molecular complexity index is 1060. The summed E-state index contributed by atoms with van der Waals surface area (Å²) in [5.74, 6) is 0.793. The lowest BCUT2D eigenvalue weighted by atomic mass is 10.1. The predicted molar refractivity (Wildman–Crippen MR) is 99.4 cm³/mol. The summed E-state index contributed by atoms with van der Waals surface area (Å²) in [6, 6.07) is 14.0. The molecule has 0 bridgehead atoms. The maximum Gasteiger partial charge on any atom is 0.154 e. The molecule has 1 aromatic carbocycles. The van der Waals surface area contributed by atoms with Crippen molar-refractivity contribution in [1.82, 2.24) is 24.7 Å². The van der Waals surface area contributed by atoms with E-state index in [0.29, 0.717) is 0 Å². The van der Waals surface area contributed by atoms with Crippen LogP contribution >= 0.6 is 0 Å². The molecule has 5 nitrogen and oxygen atoms in total. The van der Waals surface area contributed by atoms with E-state index >= 15 is 0 Å². The average Bonchev–Trinajstić information content (AvgIpc) is 3.12. The zero-order chi connectivity index (χ0) is 17.2. The van der Waals surface area contributed by atoms with Crippen LogP contribution in [-0.4, -0.2) is 24.7 Å². The van der Waals surface area contributed by atoms with Gasteiger partial charge in [-0.2, -0.15) is 5.10 Å². The van der Waals surface area contributed by atoms with E-state index in [1.807, 2.05) is 47.1 Å². The van der Waals surface area contributed by atoms with Crippen molar-refractivity contribution in [3.8, 4) is 17.1 Å². The summed E-state index contributed by atoms with van der Waals surface area (Å²) in [7, 11) is 0. The Kier molecular flexibility index (Phi) is 3.82. The molecular formula is C20H17N5. The molecule has 0 unspecified atom stereocenters. The minimum atomic E-state index is 0.793. The molecule has 4 rings (SSSR count). The average molecular weight is 327 g/mol. The third-order valence-electron chi connectivity index (χ3n) is 4.07. The number of aromatic nitrogens is 5. The molecule has 0 fully saturated rings. The van der Waals surface area contributed by atoms with Gasteiger partial charge in [0, 0.05) is 23.7 Å². The molecule has 0 atom stereocenters. The third-order valence-corrected chi connectivity index (χ3v) is 4.07. The van der Waals surface area contributed by atoms with Crippen molar-refractivity contribution in [2.45, 2.75) is 13.3 Å². The van der Waals surface area contributed by atoms with Gasteiger partial charge in [-0.3, -0.25) is 9.97 Å². The zero-order valence-corrected chi connectivity index (χ0v) is 13.9. The van der Waals surface area contributed by atoms with Crippen molar-refractivity contribution >= 4 is 17.1 Å². The lowest BCUT2D eigenvalue weighted by Gasteiger charge is -2.08. The smallest absolute Gasteiger partial charge is 0.154 e. The highest BCUT2D eigenvalue weighted by molar-refractivity contribution is 5.81. The van der Waals surface area contributed by atoms with Gasteiger partial charge in [0.15, 0.2) is 5.82 Å². The molecule has 4 aromatic rings. The summed E-state index contributed by atoms with van der Waals surface area (Å²) >= 11 is 0. The van der Waals surface area contributed by atoms with Crippen molar-refractivity contribution in [3.05, 3.63) is 72.8 Å². The Hall–Kier alpha value is -3.34. The standard InChI is InChI=1S/C20H17N5/c1-3-15-6-5-7-20(23-15)25-19(13-16(4-2)24-25)14-8-9-17-18(12-14)22-11-10-21-17/h4-13H,2-3H2,1H3. The van der Waals surface area contributed by atoms with E-state index in [-0.39, 0.29) is 0 Å². The zero-order valence-electron chi connectivity index (χ0n) is 13.9. The highest BCUT2D eigenvalue weighted by atomic mass is 15.3. The van der Waals surface area contributed by atoms with Gasteiger partial charge in [-0.05, 0) is 42.8 Å². The summed E-state index contributed by atoms with van der Waals surface area (Å²) in [6.07, 6.45) is 6.02. The molecule has 0 N–H and O–H groups in total. The number of aryl methyl sites for hydroxylation is 1. The molecule has 0 saturated heterocycles. The first-order valence-corrected chi connectivity index (χ1v) is 8.18. The predicted octanol–water partition coefficient (Wildman–Crippen LogP) is 4.08. The summed E-state index contributed by atoms with van der Waals surface area (Å²) < 4.78 is 1.85. The van der Waals surface area contributed by atoms with Gasteiger partial charge in [0.1, 0.15) is 0 Å². The van der Waals surface area contributed by atoms with Gasteiger partial charge in [-0.1, -0.05) is 25.6 Å². The van der Waals surface area contributed by atoms with E-state index in [4.69, 9.17) is 4.98 Å². The molecule has 3 aromatic heterocycles. The fourth-order valence-electron chi connectivity index (χ4n) is 2.78. The van der Waals surface area contributed by atoms with E-state index < -0.39 is 0 Å². The van der Waals surface area contributed by atoms with Crippen LogP contribution in [0.3, 0.4) is 0 Å². The van der Waals surface area contributed by atoms with E-state index in [1.165, 1.54) is 0 Å². The number of hydrogen-bond acceptors (Lipinski definition) is 4. The van der Waals surface area contributed by atoms with Crippen LogP contribution in [-0.2, 0) is 6.42 Å². The SMILES string of the molecule is C=Cc1cc(-c2ccc3nccnc3c2)n(-c2cccc(CC)n2)n1. The normalized spacial score (nSPS) is 10.9. The summed E-state index contributed by atoms with van der Waals surface area (Å²) in [4.78, 5) is 13.4. The lowest BCUT2D eigenvalue weighted by Crippen LogP contribution is -2.03. The van der Waals surface area contributed by atoms with Crippen molar-refractivity contribution in [1.29, 1.82) is 0 Å². The molecule has 0 radical (unpaired) electrons. The Morgan fingerprint density at radius 3 is 2.68 bits per heavy atom. The maximum absolute atomic E-state index is 4.70. The molecule has 0 amide bonds. The Morgan fingerprint density at radius 2 is 1.88 bits per heavy atom. The molecule has 0 saturated carbocycles. The van der Waals surface area contributed by atoms with Crippen LogP contribution in [0.2, 0.25) is 0 Å². The van der Waals surface area contributed by atoms with Gasteiger partial charge in [0.2, 0.25) is 0 Å². The monoisotopic (exact) mass is 327 g/mol. The number of nitrogens with zero attached hydrogens (tertiary/aromatic N) is 5. The second-order valence-electron chi connectivity index (χ2n) is 5.67. The van der Waals surface area contributed by atoms with Crippen LogP contribution in [0.5, 0.6) is 0 Å². The first-order chi connectivity index (χ1) is 12.3. The second-order valence-corrected chi connectivity index (χ2v) is 5.67. The van der Waals surface area contributed by atoms with Crippen molar-refractivity contribution in [3.63, 3.8) is 0 Å². The van der Waals surface area contributed by atoms with Crippen molar-refractivity contribution < 1.29 is 0 Å². The largest absolute Gasteiger partial charge is 0.253 e. The van der Waals surface area contributed by atoms with Crippen LogP contribution in [0.15, 0.2) is 61.4 Å². The Morgan fingerprint density at radius 1 is 1.04 bits per heavy atom. The van der Waals surface area contributed by atoms with Gasteiger partial charge >= 0.3 is 0 Å². The molecule has 0 aliphatic heterocycles. The summed E-state index contributed by atoms with van der Waals surface area (Å²) in [5, 5.41) is 4.63. The van der Waals surface area contributed by atoms with Crippen LogP contribution in [0, 0.1) is 0 Å². The number of benzene rings is 1. The van der Waals surface area contributed by atoms with Gasteiger partial charge in [-0.25, -0.2) is 9.67 Å². The first-order valence-electron chi connectivity index (χ1n) is 8.18. The number of pyridine rings is 1. The highest BCUT2D eigenvalue weighted by Gasteiger charge is 2.12. The van der Waals surface area contributed by atoms with E-state index in [2.05, 4.69) is 28.6 Å². The Labute approximate surface area is 145 Å². The fourth-order valence-corrected chi connectivity index (χ4v) is 2.78.